The van der Waals surface area contributed by atoms with Gasteiger partial charge in [-0.25, -0.2) is 4.68 Å². The van der Waals surface area contributed by atoms with E-state index in [4.69, 9.17) is 0 Å². The van der Waals surface area contributed by atoms with Gasteiger partial charge >= 0.3 is 0 Å². The third kappa shape index (κ3) is 2.31. The highest BCUT2D eigenvalue weighted by Gasteiger charge is 2.22. The summed E-state index contributed by atoms with van der Waals surface area (Å²) in [5, 5.41) is 12.4. The van der Waals surface area contributed by atoms with Crippen molar-refractivity contribution in [3.63, 3.8) is 0 Å². The van der Waals surface area contributed by atoms with Crippen LogP contribution in [0.1, 0.15) is 24.1 Å². The monoisotopic (exact) mass is 357 g/mol. The third-order valence-electron chi connectivity index (χ3n) is 3.23. The van der Waals surface area contributed by atoms with Gasteiger partial charge in [0.15, 0.2) is 5.82 Å². The number of halogens is 1. The lowest BCUT2D eigenvalue weighted by Gasteiger charge is -2.07. The molecule has 0 aliphatic heterocycles. The molecule has 1 aliphatic carbocycles. The van der Waals surface area contributed by atoms with Gasteiger partial charge in [0.2, 0.25) is 0 Å². The molecule has 2 aromatic heterocycles. The van der Waals surface area contributed by atoms with Crippen molar-refractivity contribution in [1.82, 2.24) is 24.9 Å². The molecule has 0 radical (unpaired) electrons. The number of nitrogens with one attached hydrogen (secondary N) is 1. The molecule has 0 bridgehead atoms. The first kappa shape index (κ1) is 12.2. The van der Waals surface area contributed by atoms with Crippen LogP contribution in [-0.2, 0) is 13.6 Å². The van der Waals surface area contributed by atoms with Gasteiger partial charge in [0.25, 0.3) is 0 Å². The molecule has 2 aromatic rings. The molecule has 18 heavy (non-hydrogen) atoms. The fourth-order valence-electron chi connectivity index (χ4n) is 2.13. The summed E-state index contributed by atoms with van der Waals surface area (Å²) in [5.74, 6) is 1.06. The molecule has 3 rings (SSSR count). The van der Waals surface area contributed by atoms with Crippen LogP contribution in [0.15, 0.2) is 12.4 Å². The van der Waals surface area contributed by atoms with Crippen molar-refractivity contribution in [1.29, 1.82) is 0 Å². The molecule has 6 heteroatoms. The average molecular weight is 357 g/mol. The Hall–Kier alpha value is -0.890. The van der Waals surface area contributed by atoms with E-state index in [0.29, 0.717) is 6.04 Å². The second-order valence-corrected chi connectivity index (χ2v) is 6.02. The van der Waals surface area contributed by atoms with Gasteiger partial charge in [-0.1, -0.05) is 0 Å². The Labute approximate surface area is 120 Å². The van der Waals surface area contributed by atoms with Crippen LogP contribution in [-0.4, -0.2) is 25.6 Å². The zero-order valence-electron chi connectivity index (χ0n) is 10.5. The van der Waals surface area contributed by atoms with Crippen LogP contribution in [0.5, 0.6) is 0 Å². The molecular formula is C12H16IN5. The third-order valence-corrected chi connectivity index (χ3v) is 3.78. The van der Waals surface area contributed by atoms with E-state index in [1.807, 2.05) is 28.8 Å². The van der Waals surface area contributed by atoms with Gasteiger partial charge in [0.05, 0.1) is 15.5 Å². The van der Waals surface area contributed by atoms with Crippen LogP contribution in [0.4, 0.5) is 0 Å². The zero-order chi connectivity index (χ0) is 12.7. The first-order chi connectivity index (χ1) is 8.65. The molecule has 0 aromatic carbocycles. The summed E-state index contributed by atoms with van der Waals surface area (Å²) in [6.45, 7) is 2.93. The van der Waals surface area contributed by atoms with Gasteiger partial charge < -0.3 is 5.32 Å². The van der Waals surface area contributed by atoms with Crippen molar-refractivity contribution < 1.29 is 0 Å². The first-order valence-corrected chi connectivity index (χ1v) is 7.19. The molecule has 0 unspecified atom stereocenters. The molecule has 1 fully saturated rings. The topological polar surface area (TPSA) is 47.7 Å². The smallest absolute Gasteiger partial charge is 0.156 e. The van der Waals surface area contributed by atoms with Crippen molar-refractivity contribution in [3.8, 4) is 5.82 Å². The van der Waals surface area contributed by atoms with Crippen LogP contribution < -0.4 is 5.32 Å². The largest absolute Gasteiger partial charge is 0.310 e. The predicted octanol–water partition coefficient (Wildman–Crippen LogP) is 1.77. The van der Waals surface area contributed by atoms with E-state index in [2.05, 4.69) is 45.0 Å². The molecule has 1 aliphatic rings. The Balaban J connectivity index is 1.95. The molecular weight excluding hydrogens is 341 g/mol. The van der Waals surface area contributed by atoms with Crippen LogP contribution >= 0.6 is 22.6 Å². The maximum atomic E-state index is 4.51. The number of aromatic nitrogens is 4. The Morgan fingerprint density at radius 2 is 2.28 bits per heavy atom. The van der Waals surface area contributed by atoms with E-state index < -0.39 is 0 Å². The lowest BCUT2D eigenvalue weighted by atomic mass is 10.2. The predicted molar refractivity (Wildman–Crippen MR) is 77.6 cm³/mol. The highest BCUT2D eigenvalue weighted by Crippen LogP contribution is 2.22. The van der Waals surface area contributed by atoms with Crippen molar-refractivity contribution in [2.45, 2.75) is 32.4 Å². The van der Waals surface area contributed by atoms with Crippen molar-refractivity contribution in [2.75, 3.05) is 0 Å². The number of aryl methyl sites for hydroxylation is 2. The number of rotatable bonds is 4. The molecule has 0 amide bonds. The van der Waals surface area contributed by atoms with Gasteiger partial charge in [-0.15, -0.1) is 0 Å². The van der Waals surface area contributed by atoms with Gasteiger partial charge in [-0.05, 0) is 42.4 Å². The Morgan fingerprint density at radius 1 is 1.50 bits per heavy atom. The van der Waals surface area contributed by atoms with Gasteiger partial charge in [-0.2, -0.15) is 10.2 Å². The zero-order valence-corrected chi connectivity index (χ0v) is 12.7. The minimum absolute atomic E-state index is 0.704. The van der Waals surface area contributed by atoms with Crippen molar-refractivity contribution >= 4 is 22.6 Å². The van der Waals surface area contributed by atoms with Crippen LogP contribution in [0.25, 0.3) is 5.82 Å². The van der Waals surface area contributed by atoms with Crippen LogP contribution in [0, 0.1) is 10.5 Å². The number of nitrogens with zero attached hydrogens (tertiary/aromatic N) is 4. The summed E-state index contributed by atoms with van der Waals surface area (Å²) >= 11 is 2.27. The summed E-state index contributed by atoms with van der Waals surface area (Å²) in [6.07, 6.45) is 6.49. The van der Waals surface area contributed by atoms with E-state index in [0.717, 1.165) is 21.6 Å². The quantitative estimate of drug-likeness (QED) is 0.849. The molecule has 2 heterocycles. The molecule has 0 spiro atoms. The van der Waals surface area contributed by atoms with Crippen LogP contribution in [0.3, 0.4) is 0 Å². The summed E-state index contributed by atoms with van der Waals surface area (Å²) in [6, 6.07) is 0.704. The van der Waals surface area contributed by atoms with E-state index in [9.17, 15) is 0 Å². The van der Waals surface area contributed by atoms with E-state index in [1.165, 1.54) is 18.4 Å². The Morgan fingerprint density at radius 3 is 2.89 bits per heavy atom. The van der Waals surface area contributed by atoms with Crippen molar-refractivity contribution in [3.05, 3.63) is 27.2 Å². The molecule has 1 saturated carbocycles. The minimum Gasteiger partial charge on any atom is -0.310 e. The Kier molecular flexibility index (Phi) is 3.14. The summed E-state index contributed by atoms with van der Waals surface area (Å²) < 4.78 is 4.95. The maximum Gasteiger partial charge on any atom is 0.156 e. The van der Waals surface area contributed by atoms with Crippen LogP contribution in [0.2, 0.25) is 0 Å². The number of hydrogen-bond donors (Lipinski definition) is 1. The molecule has 0 atom stereocenters. The van der Waals surface area contributed by atoms with Gasteiger partial charge in [0, 0.05) is 31.4 Å². The summed E-state index contributed by atoms with van der Waals surface area (Å²) in [7, 11) is 1.97. The van der Waals surface area contributed by atoms with E-state index in [1.54, 1.807) is 0 Å². The summed E-state index contributed by atoms with van der Waals surface area (Å²) in [5.41, 5.74) is 2.31. The highest BCUT2D eigenvalue weighted by molar-refractivity contribution is 14.1. The van der Waals surface area contributed by atoms with E-state index >= 15 is 0 Å². The standard InChI is InChI=1S/C12H16IN5/c1-8-11(6-14-10-3-4-10)12(17(2)16-8)18-7-9(13)5-15-18/h5,7,10,14H,3-4,6H2,1-2H3. The lowest BCUT2D eigenvalue weighted by Crippen LogP contribution is -2.17. The van der Waals surface area contributed by atoms with Crippen molar-refractivity contribution in [2.24, 2.45) is 7.05 Å². The summed E-state index contributed by atoms with van der Waals surface area (Å²) in [4.78, 5) is 0. The van der Waals surface area contributed by atoms with Gasteiger partial charge in [-0.3, -0.25) is 4.68 Å². The molecule has 1 N–H and O–H groups in total. The second-order valence-electron chi connectivity index (χ2n) is 4.77. The Bertz CT molecular complexity index is 567. The molecule has 96 valence electrons. The normalized spacial score (nSPS) is 15.3. The fraction of sp³-hybridized carbons (Fsp3) is 0.500. The molecule has 0 saturated heterocycles. The lowest BCUT2D eigenvalue weighted by molar-refractivity contribution is 0.665. The number of hydrogen-bond acceptors (Lipinski definition) is 3. The van der Waals surface area contributed by atoms with E-state index in [-0.39, 0.29) is 0 Å². The average Bonchev–Trinajstić information content (AvgIpc) is 2.98. The van der Waals surface area contributed by atoms with Gasteiger partial charge in [0.1, 0.15) is 0 Å². The highest BCUT2D eigenvalue weighted by atomic mass is 127. The second kappa shape index (κ2) is 4.65. The SMILES string of the molecule is Cc1nn(C)c(-n2cc(I)cn2)c1CNC1CC1. The fourth-order valence-corrected chi connectivity index (χ4v) is 2.52. The first-order valence-electron chi connectivity index (χ1n) is 6.11. The maximum absolute atomic E-state index is 4.51. The minimum atomic E-state index is 0.704. The molecule has 5 nitrogen and oxygen atoms in total.